The van der Waals surface area contributed by atoms with Crippen LogP contribution in [0, 0.1) is 5.92 Å². The van der Waals surface area contributed by atoms with Crippen LogP contribution in [0.1, 0.15) is 25.7 Å². The van der Waals surface area contributed by atoms with Crippen molar-refractivity contribution in [3.63, 3.8) is 0 Å². The van der Waals surface area contributed by atoms with Crippen LogP contribution in [0.4, 0.5) is 5.95 Å². The Morgan fingerprint density at radius 1 is 1.33 bits per heavy atom. The van der Waals surface area contributed by atoms with Crippen LogP contribution in [0.5, 0.6) is 0 Å². The molecule has 100 valence electrons. The second-order valence-electron chi connectivity index (χ2n) is 4.37. The van der Waals surface area contributed by atoms with E-state index in [2.05, 4.69) is 20.1 Å². The van der Waals surface area contributed by atoms with Crippen LogP contribution in [0.3, 0.4) is 0 Å². The third-order valence-electron chi connectivity index (χ3n) is 2.85. The standard InChI is InChI=1S/C10H17N5O2S/c11-15-10-12-6-9(7-13-10)18(16,17)14-5-1-2-8-3-4-8/h6-8,14H,1-5,11H2,(H,12,13,15). The van der Waals surface area contributed by atoms with Crippen molar-refractivity contribution in [1.29, 1.82) is 0 Å². The van der Waals surface area contributed by atoms with E-state index < -0.39 is 10.0 Å². The quantitative estimate of drug-likeness (QED) is 0.372. The van der Waals surface area contributed by atoms with Gasteiger partial charge < -0.3 is 0 Å². The van der Waals surface area contributed by atoms with Crippen LogP contribution in [0.2, 0.25) is 0 Å². The van der Waals surface area contributed by atoms with E-state index in [-0.39, 0.29) is 10.8 Å². The number of hydrogen-bond acceptors (Lipinski definition) is 6. The third kappa shape index (κ3) is 3.62. The molecule has 0 bridgehead atoms. The van der Waals surface area contributed by atoms with Gasteiger partial charge in [-0.05, 0) is 18.8 Å². The Morgan fingerprint density at radius 3 is 2.56 bits per heavy atom. The molecule has 0 amide bonds. The minimum absolute atomic E-state index is 0.0490. The van der Waals surface area contributed by atoms with Crippen molar-refractivity contribution in [3.05, 3.63) is 12.4 Å². The summed E-state index contributed by atoms with van der Waals surface area (Å²) >= 11 is 0. The molecule has 18 heavy (non-hydrogen) atoms. The van der Waals surface area contributed by atoms with Gasteiger partial charge in [-0.2, -0.15) is 0 Å². The fourth-order valence-corrected chi connectivity index (χ4v) is 2.58. The Balaban J connectivity index is 1.87. The zero-order valence-electron chi connectivity index (χ0n) is 9.96. The number of sulfonamides is 1. The molecule has 0 spiro atoms. The van der Waals surface area contributed by atoms with Gasteiger partial charge >= 0.3 is 0 Å². The number of aromatic nitrogens is 2. The van der Waals surface area contributed by atoms with E-state index in [1.807, 2.05) is 0 Å². The Morgan fingerprint density at radius 2 is 2.00 bits per heavy atom. The minimum Gasteiger partial charge on any atom is -0.292 e. The maximum absolute atomic E-state index is 11.8. The van der Waals surface area contributed by atoms with Crippen molar-refractivity contribution in [3.8, 4) is 0 Å². The van der Waals surface area contributed by atoms with Crippen LogP contribution in [0.15, 0.2) is 17.3 Å². The molecule has 1 saturated carbocycles. The van der Waals surface area contributed by atoms with Gasteiger partial charge in [0.2, 0.25) is 16.0 Å². The molecule has 8 heteroatoms. The Hall–Kier alpha value is -1.25. The zero-order valence-corrected chi connectivity index (χ0v) is 10.8. The third-order valence-corrected chi connectivity index (χ3v) is 4.26. The molecule has 0 aromatic carbocycles. The van der Waals surface area contributed by atoms with E-state index >= 15 is 0 Å². The van der Waals surface area contributed by atoms with Crippen LogP contribution < -0.4 is 16.0 Å². The van der Waals surface area contributed by atoms with Crippen LogP contribution in [-0.2, 0) is 10.0 Å². The largest absolute Gasteiger partial charge is 0.292 e. The van der Waals surface area contributed by atoms with Crippen LogP contribution in [0.25, 0.3) is 0 Å². The van der Waals surface area contributed by atoms with Crippen LogP contribution in [-0.4, -0.2) is 24.9 Å². The zero-order chi connectivity index (χ0) is 13.0. The van der Waals surface area contributed by atoms with Gasteiger partial charge in [0.15, 0.2) is 0 Å². The summed E-state index contributed by atoms with van der Waals surface area (Å²) in [5.41, 5.74) is 2.24. The van der Waals surface area contributed by atoms with Crippen LogP contribution >= 0.6 is 0 Å². The van der Waals surface area contributed by atoms with E-state index in [9.17, 15) is 8.42 Å². The number of hydrazine groups is 1. The number of hydrogen-bond donors (Lipinski definition) is 3. The second kappa shape index (κ2) is 5.59. The molecule has 0 unspecified atom stereocenters. The van der Waals surface area contributed by atoms with E-state index in [0.717, 1.165) is 18.8 Å². The topological polar surface area (TPSA) is 110 Å². The first-order valence-electron chi connectivity index (χ1n) is 5.90. The van der Waals surface area contributed by atoms with Crippen molar-refractivity contribution >= 4 is 16.0 Å². The average molecular weight is 271 g/mol. The van der Waals surface area contributed by atoms with E-state index in [1.54, 1.807) is 0 Å². The highest BCUT2D eigenvalue weighted by atomic mass is 32.2. The van der Waals surface area contributed by atoms with Gasteiger partial charge in [0.05, 0.1) is 12.4 Å². The first kappa shape index (κ1) is 13.2. The molecule has 0 atom stereocenters. The predicted octanol–water partition coefficient (Wildman–Crippen LogP) is 0.231. The summed E-state index contributed by atoms with van der Waals surface area (Å²) < 4.78 is 26.2. The number of rotatable bonds is 7. The molecule has 1 aliphatic carbocycles. The van der Waals surface area contributed by atoms with Crippen molar-refractivity contribution in [2.45, 2.75) is 30.6 Å². The lowest BCUT2D eigenvalue weighted by Gasteiger charge is -2.06. The van der Waals surface area contributed by atoms with Gasteiger partial charge in [0.1, 0.15) is 4.90 Å². The highest BCUT2D eigenvalue weighted by Gasteiger charge is 2.21. The maximum Gasteiger partial charge on any atom is 0.243 e. The van der Waals surface area contributed by atoms with E-state index in [0.29, 0.717) is 6.54 Å². The monoisotopic (exact) mass is 271 g/mol. The van der Waals surface area contributed by atoms with E-state index in [4.69, 9.17) is 5.84 Å². The lowest BCUT2D eigenvalue weighted by Crippen LogP contribution is -2.25. The summed E-state index contributed by atoms with van der Waals surface area (Å²) in [5.74, 6) is 6.10. The molecule has 1 fully saturated rings. The molecule has 7 nitrogen and oxygen atoms in total. The van der Waals surface area contributed by atoms with Crippen molar-refractivity contribution < 1.29 is 8.42 Å². The summed E-state index contributed by atoms with van der Waals surface area (Å²) in [6.07, 6.45) is 6.99. The number of anilines is 1. The van der Waals surface area contributed by atoms with Gasteiger partial charge in [0, 0.05) is 6.54 Å². The van der Waals surface area contributed by atoms with Gasteiger partial charge in [-0.1, -0.05) is 12.8 Å². The molecule has 1 heterocycles. The predicted molar refractivity (Wildman–Crippen MR) is 67.0 cm³/mol. The van der Waals surface area contributed by atoms with Crippen molar-refractivity contribution in [1.82, 2.24) is 14.7 Å². The molecule has 1 aliphatic rings. The van der Waals surface area contributed by atoms with Gasteiger partial charge in [-0.3, -0.25) is 5.43 Å². The lowest BCUT2D eigenvalue weighted by atomic mass is 10.2. The second-order valence-corrected chi connectivity index (χ2v) is 6.14. The summed E-state index contributed by atoms with van der Waals surface area (Å²) in [6, 6.07) is 0. The fourth-order valence-electron chi connectivity index (χ4n) is 1.62. The highest BCUT2D eigenvalue weighted by molar-refractivity contribution is 7.89. The van der Waals surface area contributed by atoms with Crippen molar-refractivity contribution in [2.75, 3.05) is 12.0 Å². The Labute approximate surface area is 106 Å². The smallest absolute Gasteiger partial charge is 0.243 e. The number of nitrogen functional groups attached to an aromatic ring is 1. The molecule has 1 aromatic heterocycles. The highest BCUT2D eigenvalue weighted by Crippen LogP contribution is 2.33. The Kier molecular flexibility index (Phi) is 4.10. The summed E-state index contributed by atoms with van der Waals surface area (Å²) in [6.45, 7) is 0.454. The maximum atomic E-state index is 11.8. The Bertz CT molecular complexity index is 483. The first-order chi connectivity index (χ1) is 8.62. The van der Waals surface area contributed by atoms with Gasteiger partial charge in [0.25, 0.3) is 0 Å². The molecule has 1 aromatic rings. The fraction of sp³-hybridized carbons (Fsp3) is 0.600. The molecular weight excluding hydrogens is 254 g/mol. The van der Waals surface area contributed by atoms with Gasteiger partial charge in [-0.25, -0.2) is 29.0 Å². The first-order valence-corrected chi connectivity index (χ1v) is 7.38. The number of nitrogens with two attached hydrogens (primary N) is 1. The summed E-state index contributed by atoms with van der Waals surface area (Å²) in [5, 5.41) is 0. The van der Waals surface area contributed by atoms with Gasteiger partial charge in [-0.15, -0.1) is 0 Å². The number of nitrogens with zero attached hydrogens (tertiary/aromatic N) is 2. The average Bonchev–Trinajstić information content (AvgIpc) is 3.19. The summed E-state index contributed by atoms with van der Waals surface area (Å²) in [4.78, 5) is 7.58. The SMILES string of the molecule is NNc1ncc(S(=O)(=O)NCCCC2CC2)cn1. The normalized spacial score (nSPS) is 15.6. The molecule has 0 aliphatic heterocycles. The molecule has 0 saturated heterocycles. The van der Waals surface area contributed by atoms with E-state index in [1.165, 1.54) is 25.2 Å². The minimum atomic E-state index is -3.51. The number of nitrogens with one attached hydrogen (secondary N) is 2. The molecule has 2 rings (SSSR count). The lowest BCUT2D eigenvalue weighted by molar-refractivity contribution is 0.572. The molecule has 0 radical (unpaired) electrons. The summed E-state index contributed by atoms with van der Waals surface area (Å²) in [7, 11) is -3.51. The molecular formula is C10H17N5O2S. The van der Waals surface area contributed by atoms with Crippen molar-refractivity contribution in [2.24, 2.45) is 11.8 Å². The molecule has 4 N–H and O–H groups in total.